The molecule has 1 fully saturated rings. The van der Waals surface area contributed by atoms with Crippen LogP contribution in [-0.2, 0) is 21.2 Å². The van der Waals surface area contributed by atoms with E-state index in [1.807, 2.05) is 28.0 Å². The van der Waals surface area contributed by atoms with E-state index in [2.05, 4.69) is 13.0 Å². The molecule has 2 aliphatic heterocycles. The number of hydrogen-bond donors (Lipinski definition) is 0. The van der Waals surface area contributed by atoms with Gasteiger partial charge in [-0.1, -0.05) is 18.2 Å². The van der Waals surface area contributed by atoms with Gasteiger partial charge in [-0.15, -0.1) is 0 Å². The van der Waals surface area contributed by atoms with E-state index in [0.29, 0.717) is 37.7 Å². The number of hydrogen-bond acceptors (Lipinski definition) is 6. The summed E-state index contributed by atoms with van der Waals surface area (Å²) >= 11 is 0. The molecule has 4 rings (SSSR count). The fourth-order valence-corrected chi connectivity index (χ4v) is 5.91. The Labute approximate surface area is 189 Å². The van der Waals surface area contributed by atoms with Gasteiger partial charge in [0, 0.05) is 44.0 Å². The molecule has 0 unspecified atom stereocenters. The number of amides is 1. The first-order valence-electron chi connectivity index (χ1n) is 10.7. The van der Waals surface area contributed by atoms with Crippen LogP contribution in [0.3, 0.4) is 0 Å². The van der Waals surface area contributed by atoms with Gasteiger partial charge in [-0.05, 0) is 37.1 Å². The highest BCUT2D eigenvalue weighted by molar-refractivity contribution is 7.89. The number of carbonyl (C=O) groups is 1. The van der Waals surface area contributed by atoms with Crippen molar-refractivity contribution in [3.63, 3.8) is 0 Å². The van der Waals surface area contributed by atoms with Crippen LogP contribution in [-0.4, -0.2) is 76.5 Å². The Kier molecular flexibility index (Phi) is 6.41. The lowest BCUT2D eigenvalue weighted by Gasteiger charge is -2.35. The van der Waals surface area contributed by atoms with Gasteiger partial charge in [0.25, 0.3) is 0 Å². The standard InChI is InChI=1S/C23H29N3O5S/c1-17-14-18-6-4-5-7-20(18)26(17)23(27)16-24-10-12-25(13-11-24)32(28,29)19-8-9-21(30-2)22(15-19)31-3/h4-9,15,17H,10-14,16H2,1-3H3/t17-/m0/s1. The summed E-state index contributed by atoms with van der Waals surface area (Å²) in [6.45, 7) is 4.00. The van der Waals surface area contributed by atoms with E-state index >= 15 is 0 Å². The van der Waals surface area contributed by atoms with E-state index in [-0.39, 0.29) is 23.4 Å². The fourth-order valence-electron chi connectivity index (χ4n) is 4.47. The van der Waals surface area contributed by atoms with E-state index in [1.165, 1.54) is 36.2 Å². The Morgan fingerprint density at radius 1 is 1.00 bits per heavy atom. The molecule has 0 bridgehead atoms. The normalized spacial score (nSPS) is 19.6. The molecule has 2 heterocycles. The van der Waals surface area contributed by atoms with Crippen LogP contribution in [0.2, 0.25) is 0 Å². The van der Waals surface area contributed by atoms with Crippen molar-refractivity contribution >= 4 is 21.6 Å². The summed E-state index contributed by atoms with van der Waals surface area (Å²) < 4.78 is 38.1. The van der Waals surface area contributed by atoms with Gasteiger partial charge in [0.2, 0.25) is 15.9 Å². The first-order valence-corrected chi connectivity index (χ1v) is 12.1. The molecule has 1 amide bonds. The number of benzene rings is 2. The van der Waals surface area contributed by atoms with Gasteiger partial charge < -0.3 is 14.4 Å². The highest BCUT2D eigenvalue weighted by Gasteiger charge is 2.34. The number of piperazine rings is 1. The van der Waals surface area contributed by atoms with E-state index in [4.69, 9.17) is 9.47 Å². The van der Waals surface area contributed by atoms with E-state index in [0.717, 1.165) is 12.1 Å². The van der Waals surface area contributed by atoms with Crippen LogP contribution in [0.25, 0.3) is 0 Å². The lowest BCUT2D eigenvalue weighted by molar-refractivity contribution is -0.120. The van der Waals surface area contributed by atoms with Crippen molar-refractivity contribution in [1.29, 1.82) is 0 Å². The molecule has 2 aliphatic rings. The molecule has 0 aliphatic carbocycles. The van der Waals surface area contributed by atoms with Gasteiger partial charge in [0.15, 0.2) is 11.5 Å². The van der Waals surface area contributed by atoms with Crippen molar-refractivity contribution in [3.05, 3.63) is 48.0 Å². The molecule has 1 saturated heterocycles. The van der Waals surface area contributed by atoms with Crippen molar-refractivity contribution in [2.24, 2.45) is 0 Å². The molecule has 0 aromatic heterocycles. The third-order valence-corrected chi connectivity index (χ3v) is 8.05. The predicted octanol–water partition coefficient (Wildman–Crippen LogP) is 1.99. The SMILES string of the molecule is COc1ccc(S(=O)(=O)N2CCN(CC(=O)N3c4ccccc4C[C@@H]3C)CC2)cc1OC. The first-order chi connectivity index (χ1) is 15.3. The number of carbonyl (C=O) groups excluding carboxylic acids is 1. The minimum absolute atomic E-state index is 0.0543. The van der Waals surface area contributed by atoms with Crippen molar-refractivity contribution in [3.8, 4) is 11.5 Å². The Hall–Kier alpha value is -2.62. The number of nitrogens with zero attached hydrogens (tertiary/aromatic N) is 3. The van der Waals surface area contributed by atoms with Gasteiger partial charge in [-0.25, -0.2) is 8.42 Å². The van der Waals surface area contributed by atoms with Crippen molar-refractivity contribution in [1.82, 2.24) is 9.21 Å². The molecule has 0 radical (unpaired) electrons. The Morgan fingerprint density at radius 2 is 1.69 bits per heavy atom. The number of anilines is 1. The number of methoxy groups -OCH3 is 2. The minimum Gasteiger partial charge on any atom is -0.493 e. The topological polar surface area (TPSA) is 79.4 Å². The second-order valence-corrected chi connectivity index (χ2v) is 10.1. The summed E-state index contributed by atoms with van der Waals surface area (Å²) in [4.78, 5) is 17.1. The summed E-state index contributed by atoms with van der Waals surface area (Å²) in [6.07, 6.45) is 0.860. The van der Waals surface area contributed by atoms with Crippen LogP contribution in [0, 0.1) is 0 Å². The van der Waals surface area contributed by atoms with Crippen LogP contribution in [0.15, 0.2) is 47.4 Å². The van der Waals surface area contributed by atoms with Gasteiger partial charge in [-0.3, -0.25) is 9.69 Å². The highest BCUT2D eigenvalue weighted by Crippen LogP contribution is 2.33. The quantitative estimate of drug-likeness (QED) is 0.657. The average Bonchev–Trinajstić information content (AvgIpc) is 3.14. The van der Waals surface area contributed by atoms with Gasteiger partial charge in [0.05, 0.1) is 25.7 Å². The molecule has 8 nitrogen and oxygen atoms in total. The monoisotopic (exact) mass is 459 g/mol. The molecule has 172 valence electrons. The Balaban J connectivity index is 1.39. The van der Waals surface area contributed by atoms with Gasteiger partial charge >= 0.3 is 0 Å². The van der Waals surface area contributed by atoms with E-state index < -0.39 is 10.0 Å². The fraction of sp³-hybridized carbons (Fsp3) is 0.435. The number of rotatable bonds is 6. The van der Waals surface area contributed by atoms with Crippen LogP contribution in [0.1, 0.15) is 12.5 Å². The average molecular weight is 460 g/mol. The van der Waals surface area contributed by atoms with Crippen LogP contribution in [0.5, 0.6) is 11.5 Å². The second-order valence-electron chi connectivity index (χ2n) is 8.14. The predicted molar refractivity (Wildman–Crippen MR) is 122 cm³/mol. The Bertz CT molecular complexity index is 1100. The zero-order valence-corrected chi connectivity index (χ0v) is 19.5. The molecule has 0 saturated carbocycles. The zero-order valence-electron chi connectivity index (χ0n) is 18.7. The lowest BCUT2D eigenvalue weighted by atomic mass is 10.1. The van der Waals surface area contributed by atoms with Gasteiger partial charge in [-0.2, -0.15) is 4.31 Å². The molecule has 0 N–H and O–H groups in total. The molecule has 32 heavy (non-hydrogen) atoms. The Morgan fingerprint density at radius 3 is 2.38 bits per heavy atom. The summed E-state index contributed by atoms with van der Waals surface area (Å²) in [6, 6.07) is 12.7. The molecule has 9 heteroatoms. The second kappa shape index (κ2) is 9.09. The maximum atomic E-state index is 13.1. The largest absolute Gasteiger partial charge is 0.493 e. The van der Waals surface area contributed by atoms with Crippen LogP contribution >= 0.6 is 0 Å². The zero-order chi connectivity index (χ0) is 22.9. The number of fused-ring (bicyclic) bond motifs is 1. The highest BCUT2D eigenvalue weighted by atomic mass is 32.2. The number of sulfonamides is 1. The van der Waals surface area contributed by atoms with Crippen molar-refractivity contribution in [2.75, 3.05) is 51.8 Å². The molecule has 2 aromatic carbocycles. The summed E-state index contributed by atoms with van der Waals surface area (Å²) in [5.41, 5.74) is 2.18. The van der Waals surface area contributed by atoms with Crippen LogP contribution < -0.4 is 14.4 Å². The molecule has 0 spiro atoms. The maximum Gasteiger partial charge on any atom is 0.243 e. The summed E-state index contributed by atoms with van der Waals surface area (Å²) in [5.74, 6) is 0.906. The maximum absolute atomic E-state index is 13.1. The lowest BCUT2D eigenvalue weighted by Crippen LogP contribution is -2.52. The third kappa shape index (κ3) is 4.20. The summed E-state index contributed by atoms with van der Waals surface area (Å²) in [5, 5.41) is 0. The van der Waals surface area contributed by atoms with Crippen molar-refractivity contribution in [2.45, 2.75) is 24.3 Å². The molecule has 1 atom stereocenters. The first kappa shape index (κ1) is 22.6. The van der Waals surface area contributed by atoms with Crippen molar-refractivity contribution < 1.29 is 22.7 Å². The summed E-state index contributed by atoms with van der Waals surface area (Å²) in [7, 11) is -0.676. The van der Waals surface area contributed by atoms with Gasteiger partial charge in [0.1, 0.15) is 0 Å². The van der Waals surface area contributed by atoms with E-state index in [9.17, 15) is 13.2 Å². The third-order valence-electron chi connectivity index (χ3n) is 6.16. The number of ether oxygens (including phenoxy) is 2. The smallest absolute Gasteiger partial charge is 0.243 e. The molecule has 2 aromatic rings. The van der Waals surface area contributed by atoms with E-state index in [1.54, 1.807) is 6.07 Å². The minimum atomic E-state index is -3.66. The molecular weight excluding hydrogens is 430 g/mol. The van der Waals surface area contributed by atoms with Crippen LogP contribution in [0.4, 0.5) is 5.69 Å². The molecular formula is C23H29N3O5S. The number of para-hydroxylation sites is 1.